The van der Waals surface area contributed by atoms with E-state index in [1.807, 2.05) is 12.4 Å². The summed E-state index contributed by atoms with van der Waals surface area (Å²) in [5, 5.41) is 1.45. The maximum Gasteiger partial charge on any atom is 0.0515 e. The highest BCUT2D eigenvalue weighted by Crippen LogP contribution is 2.32. The highest BCUT2D eigenvalue weighted by Gasteiger charge is 2.22. The molecule has 1 aliphatic heterocycles. The fraction of sp³-hybridized carbons (Fsp3) is 0.350. The van der Waals surface area contributed by atoms with Crippen LogP contribution in [0.15, 0.2) is 42.7 Å². The number of aryl methyl sites for hydroxylation is 3. The molecule has 0 aliphatic carbocycles. The van der Waals surface area contributed by atoms with Gasteiger partial charge in [0.15, 0.2) is 0 Å². The van der Waals surface area contributed by atoms with Gasteiger partial charge in [-0.1, -0.05) is 18.2 Å². The first-order valence-corrected chi connectivity index (χ1v) is 8.41. The molecule has 0 amide bonds. The van der Waals surface area contributed by atoms with Crippen molar-refractivity contribution in [3.63, 3.8) is 0 Å². The number of nitrogens with zero attached hydrogens (tertiary/aromatic N) is 3. The third kappa shape index (κ3) is 2.55. The van der Waals surface area contributed by atoms with Gasteiger partial charge in [0.2, 0.25) is 0 Å². The average Bonchev–Trinajstić information content (AvgIpc) is 2.88. The van der Waals surface area contributed by atoms with E-state index in [2.05, 4.69) is 58.8 Å². The molecule has 0 saturated heterocycles. The monoisotopic (exact) mass is 305 g/mol. The SMILES string of the molecule is Cc1cccc2c3c(n(CCc4ccncc4)c12)CCN(C)C3. The third-order valence-corrected chi connectivity index (χ3v) is 5.04. The number of fused-ring (bicyclic) bond motifs is 3. The molecule has 3 heteroatoms. The molecule has 3 aromatic rings. The molecular weight excluding hydrogens is 282 g/mol. The summed E-state index contributed by atoms with van der Waals surface area (Å²) in [6.45, 7) is 5.50. The Morgan fingerprint density at radius 1 is 1.13 bits per heavy atom. The molecule has 0 radical (unpaired) electrons. The molecule has 0 N–H and O–H groups in total. The summed E-state index contributed by atoms with van der Waals surface area (Å²) >= 11 is 0. The van der Waals surface area contributed by atoms with Crippen LogP contribution in [0.1, 0.15) is 22.4 Å². The third-order valence-electron chi connectivity index (χ3n) is 5.04. The fourth-order valence-corrected chi connectivity index (χ4v) is 3.86. The molecule has 1 aromatic carbocycles. The zero-order valence-corrected chi connectivity index (χ0v) is 13.9. The van der Waals surface area contributed by atoms with Gasteiger partial charge in [-0.15, -0.1) is 0 Å². The Hall–Kier alpha value is -2.13. The number of benzene rings is 1. The van der Waals surface area contributed by atoms with Crippen LogP contribution >= 0.6 is 0 Å². The largest absolute Gasteiger partial charge is 0.344 e. The van der Waals surface area contributed by atoms with Crippen molar-refractivity contribution >= 4 is 10.9 Å². The number of likely N-dealkylation sites (N-methyl/N-ethyl adjacent to an activating group) is 1. The summed E-state index contributed by atoms with van der Waals surface area (Å²) in [4.78, 5) is 6.55. The van der Waals surface area contributed by atoms with Crippen molar-refractivity contribution in [1.82, 2.24) is 14.5 Å². The van der Waals surface area contributed by atoms with Crippen LogP contribution in [-0.4, -0.2) is 28.0 Å². The molecule has 4 rings (SSSR count). The average molecular weight is 305 g/mol. The summed E-state index contributed by atoms with van der Waals surface area (Å²) in [7, 11) is 2.22. The molecule has 2 aromatic heterocycles. The smallest absolute Gasteiger partial charge is 0.0515 e. The van der Waals surface area contributed by atoms with Crippen LogP contribution in [0.2, 0.25) is 0 Å². The van der Waals surface area contributed by atoms with Gasteiger partial charge in [-0.05, 0) is 49.2 Å². The second-order valence-corrected chi connectivity index (χ2v) is 6.64. The molecule has 0 saturated carbocycles. The van der Waals surface area contributed by atoms with Gasteiger partial charge in [0.25, 0.3) is 0 Å². The molecule has 0 atom stereocenters. The summed E-state index contributed by atoms with van der Waals surface area (Å²) in [6.07, 6.45) is 5.98. The van der Waals surface area contributed by atoms with Gasteiger partial charge in [-0.2, -0.15) is 0 Å². The molecule has 1 aliphatic rings. The Morgan fingerprint density at radius 2 is 1.96 bits per heavy atom. The summed E-state index contributed by atoms with van der Waals surface area (Å²) in [6, 6.07) is 11.0. The van der Waals surface area contributed by atoms with Crippen molar-refractivity contribution in [2.24, 2.45) is 0 Å². The van der Waals surface area contributed by atoms with E-state index < -0.39 is 0 Å². The zero-order valence-electron chi connectivity index (χ0n) is 13.9. The van der Waals surface area contributed by atoms with E-state index in [1.54, 1.807) is 5.69 Å². The molecule has 0 bridgehead atoms. The van der Waals surface area contributed by atoms with Gasteiger partial charge in [0.05, 0.1) is 5.52 Å². The molecule has 3 nitrogen and oxygen atoms in total. The minimum atomic E-state index is 1.05. The quantitative estimate of drug-likeness (QED) is 0.737. The van der Waals surface area contributed by atoms with E-state index in [4.69, 9.17) is 0 Å². The van der Waals surface area contributed by atoms with Gasteiger partial charge >= 0.3 is 0 Å². The summed E-state index contributed by atoms with van der Waals surface area (Å²) < 4.78 is 2.58. The number of hydrogen-bond donors (Lipinski definition) is 0. The predicted molar refractivity (Wildman–Crippen MR) is 94.7 cm³/mol. The van der Waals surface area contributed by atoms with E-state index in [9.17, 15) is 0 Å². The fourth-order valence-electron chi connectivity index (χ4n) is 3.86. The van der Waals surface area contributed by atoms with Crippen molar-refractivity contribution in [3.8, 4) is 0 Å². The van der Waals surface area contributed by atoms with Crippen LogP contribution in [-0.2, 0) is 25.9 Å². The van der Waals surface area contributed by atoms with Crippen molar-refractivity contribution in [1.29, 1.82) is 0 Å². The first-order valence-electron chi connectivity index (χ1n) is 8.41. The normalized spacial score (nSPS) is 15.0. The first-order chi connectivity index (χ1) is 11.2. The molecule has 0 unspecified atom stereocenters. The lowest BCUT2D eigenvalue weighted by molar-refractivity contribution is 0.309. The van der Waals surface area contributed by atoms with Crippen LogP contribution in [0, 0.1) is 6.92 Å². The standard InChI is InChI=1S/C20H23N3/c1-15-4-3-5-17-18-14-22(2)12-9-19(18)23(20(15)17)13-8-16-6-10-21-11-7-16/h3-7,10-11H,8-9,12-14H2,1-2H3. The van der Waals surface area contributed by atoms with Crippen molar-refractivity contribution in [3.05, 3.63) is 65.1 Å². The van der Waals surface area contributed by atoms with Crippen LogP contribution in [0.3, 0.4) is 0 Å². The Labute approximate surface area is 137 Å². The van der Waals surface area contributed by atoms with Crippen molar-refractivity contribution in [2.75, 3.05) is 13.6 Å². The zero-order chi connectivity index (χ0) is 15.8. The van der Waals surface area contributed by atoms with E-state index in [0.717, 1.165) is 32.5 Å². The topological polar surface area (TPSA) is 21.1 Å². The number of hydrogen-bond acceptors (Lipinski definition) is 2. The van der Waals surface area contributed by atoms with Gasteiger partial charge in [-0.25, -0.2) is 0 Å². The van der Waals surface area contributed by atoms with Crippen LogP contribution < -0.4 is 0 Å². The van der Waals surface area contributed by atoms with Crippen LogP contribution in [0.4, 0.5) is 0 Å². The Balaban J connectivity index is 1.79. The van der Waals surface area contributed by atoms with Gasteiger partial charge in [0.1, 0.15) is 0 Å². The van der Waals surface area contributed by atoms with Crippen molar-refractivity contribution in [2.45, 2.75) is 32.9 Å². The molecule has 118 valence electrons. The van der Waals surface area contributed by atoms with E-state index >= 15 is 0 Å². The number of rotatable bonds is 3. The van der Waals surface area contributed by atoms with E-state index in [0.29, 0.717) is 0 Å². The lowest BCUT2D eigenvalue weighted by atomic mass is 10.0. The maximum absolute atomic E-state index is 4.12. The Kier molecular flexibility index (Phi) is 3.66. The van der Waals surface area contributed by atoms with Gasteiger partial charge < -0.3 is 9.47 Å². The van der Waals surface area contributed by atoms with Crippen molar-refractivity contribution < 1.29 is 0 Å². The number of para-hydroxylation sites is 1. The molecule has 3 heterocycles. The predicted octanol–water partition coefficient (Wildman–Crippen LogP) is 3.58. The Bertz CT molecular complexity index is 833. The number of aromatic nitrogens is 2. The molecule has 0 spiro atoms. The summed E-state index contributed by atoms with van der Waals surface area (Å²) in [5.74, 6) is 0. The number of pyridine rings is 1. The lowest BCUT2D eigenvalue weighted by Gasteiger charge is -2.24. The second kappa shape index (κ2) is 5.82. The minimum absolute atomic E-state index is 1.05. The van der Waals surface area contributed by atoms with E-state index in [-0.39, 0.29) is 0 Å². The van der Waals surface area contributed by atoms with Crippen LogP contribution in [0.25, 0.3) is 10.9 Å². The Morgan fingerprint density at radius 3 is 2.78 bits per heavy atom. The second-order valence-electron chi connectivity index (χ2n) is 6.64. The maximum atomic E-state index is 4.12. The highest BCUT2D eigenvalue weighted by molar-refractivity contribution is 5.88. The van der Waals surface area contributed by atoms with Gasteiger partial charge in [-0.3, -0.25) is 4.98 Å². The summed E-state index contributed by atoms with van der Waals surface area (Å²) in [5.41, 5.74) is 7.25. The van der Waals surface area contributed by atoms with Gasteiger partial charge in [0, 0.05) is 49.5 Å². The van der Waals surface area contributed by atoms with E-state index in [1.165, 1.54) is 27.6 Å². The first kappa shape index (κ1) is 14.5. The van der Waals surface area contributed by atoms with Crippen LogP contribution in [0.5, 0.6) is 0 Å². The molecule has 23 heavy (non-hydrogen) atoms. The molecular formula is C20H23N3. The lowest BCUT2D eigenvalue weighted by Crippen LogP contribution is -2.27. The highest BCUT2D eigenvalue weighted by atomic mass is 15.1. The molecule has 0 fully saturated rings. The minimum Gasteiger partial charge on any atom is -0.344 e.